The van der Waals surface area contributed by atoms with E-state index in [9.17, 15) is 0 Å². The summed E-state index contributed by atoms with van der Waals surface area (Å²) in [7, 11) is 3.23. The van der Waals surface area contributed by atoms with Crippen molar-refractivity contribution in [2.75, 3.05) is 14.2 Å². The zero-order valence-corrected chi connectivity index (χ0v) is 13.2. The highest BCUT2D eigenvalue weighted by Crippen LogP contribution is 2.35. The van der Waals surface area contributed by atoms with Crippen molar-refractivity contribution in [3.63, 3.8) is 0 Å². The van der Waals surface area contributed by atoms with Crippen LogP contribution >= 0.6 is 22.6 Å². The maximum absolute atomic E-state index is 5.48. The zero-order chi connectivity index (χ0) is 14.1. The average molecular weight is 381 g/mol. The van der Waals surface area contributed by atoms with E-state index in [-0.39, 0.29) is 0 Å². The van der Waals surface area contributed by atoms with E-state index in [4.69, 9.17) is 14.0 Å². The number of hydrogen-bond donors (Lipinski definition) is 0. The van der Waals surface area contributed by atoms with Crippen molar-refractivity contribution in [1.82, 2.24) is 5.16 Å². The van der Waals surface area contributed by atoms with Crippen LogP contribution in [0.3, 0.4) is 0 Å². The van der Waals surface area contributed by atoms with E-state index in [0.717, 1.165) is 25.8 Å². The number of fused-ring (bicyclic) bond motifs is 1. The summed E-state index contributed by atoms with van der Waals surface area (Å²) in [4.78, 5) is 0. The maximum Gasteiger partial charge on any atom is 0.174 e. The molecule has 1 aromatic heterocycles. The minimum absolute atomic E-state index is 0.667. The summed E-state index contributed by atoms with van der Waals surface area (Å²) in [5, 5.41) is 5.07. The molecule has 0 fully saturated rings. The van der Waals surface area contributed by atoms with Crippen LogP contribution in [0.1, 0.15) is 0 Å². The lowest BCUT2D eigenvalue weighted by atomic mass is 10.1. The summed E-state index contributed by atoms with van der Waals surface area (Å²) >= 11 is 2.27. The van der Waals surface area contributed by atoms with E-state index < -0.39 is 0 Å². The topological polar surface area (TPSA) is 44.5 Å². The van der Waals surface area contributed by atoms with Gasteiger partial charge in [-0.1, -0.05) is 5.16 Å². The van der Waals surface area contributed by atoms with Crippen LogP contribution in [0.5, 0.6) is 11.5 Å². The number of hydrogen-bond acceptors (Lipinski definition) is 4. The molecule has 5 heteroatoms. The molecule has 2 aromatic carbocycles. The number of benzene rings is 2. The summed E-state index contributed by atoms with van der Waals surface area (Å²) in [5.41, 5.74) is 1.75. The Balaban J connectivity index is 2.18. The molecular weight excluding hydrogens is 369 g/mol. The van der Waals surface area contributed by atoms with Crippen molar-refractivity contribution in [2.24, 2.45) is 0 Å². The maximum atomic E-state index is 5.48. The first-order valence-electron chi connectivity index (χ1n) is 6.00. The van der Waals surface area contributed by atoms with E-state index in [1.807, 2.05) is 30.3 Å². The van der Waals surface area contributed by atoms with E-state index in [0.29, 0.717) is 11.5 Å². The zero-order valence-electron chi connectivity index (χ0n) is 11.0. The van der Waals surface area contributed by atoms with Gasteiger partial charge in [0, 0.05) is 9.13 Å². The molecule has 0 spiro atoms. The third kappa shape index (κ3) is 2.22. The molecule has 0 aliphatic heterocycles. The number of rotatable bonds is 3. The van der Waals surface area contributed by atoms with Crippen LogP contribution in [0.25, 0.3) is 22.2 Å². The monoisotopic (exact) mass is 381 g/mol. The lowest BCUT2D eigenvalue weighted by Gasteiger charge is -2.08. The molecule has 0 atom stereocenters. The third-order valence-electron chi connectivity index (χ3n) is 3.08. The smallest absolute Gasteiger partial charge is 0.174 e. The Labute approximate surface area is 129 Å². The molecule has 102 valence electrons. The molecule has 0 aliphatic rings. The quantitative estimate of drug-likeness (QED) is 0.641. The van der Waals surface area contributed by atoms with Crippen molar-refractivity contribution < 1.29 is 14.0 Å². The first kappa shape index (κ1) is 13.2. The lowest BCUT2D eigenvalue weighted by Crippen LogP contribution is -1.90. The van der Waals surface area contributed by atoms with Gasteiger partial charge in [-0.3, -0.25) is 0 Å². The normalized spacial score (nSPS) is 10.8. The minimum Gasteiger partial charge on any atom is -0.493 e. The molecule has 0 unspecified atom stereocenters. The molecule has 3 rings (SSSR count). The third-order valence-corrected chi connectivity index (χ3v) is 3.76. The molecule has 20 heavy (non-hydrogen) atoms. The number of nitrogens with zero attached hydrogens (tertiary/aromatic N) is 1. The van der Waals surface area contributed by atoms with Gasteiger partial charge in [0.1, 0.15) is 5.52 Å². The molecule has 0 saturated carbocycles. The Bertz CT molecular complexity index is 767. The van der Waals surface area contributed by atoms with Crippen molar-refractivity contribution in [2.45, 2.75) is 0 Å². The summed E-state index contributed by atoms with van der Waals surface area (Å²) in [5.74, 6) is 2.09. The van der Waals surface area contributed by atoms with Gasteiger partial charge in [0.2, 0.25) is 0 Å². The SMILES string of the molecule is COc1ccc(-c2onc3ccc(I)cc23)cc1OC. The van der Waals surface area contributed by atoms with Gasteiger partial charge in [-0.2, -0.15) is 0 Å². The van der Waals surface area contributed by atoms with Gasteiger partial charge >= 0.3 is 0 Å². The van der Waals surface area contributed by atoms with Crippen molar-refractivity contribution in [3.05, 3.63) is 40.0 Å². The Hall–Kier alpha value is -1.76. The average Bonchev–Trinajstić information content (AvgIpc) is 2.89. The summed E-state index contributed by atoms with van der Waals surface area (Å²) < 4.78 is 17.2. The van der Waals surface area contributed by atoms with Crippen LogP contribution in [-0.4, -0.2) is 19.4 Å². The van der Waals surface area contributed by atoms with E-state index in [1.165, 1.54) is 0 Å². The summed E-state index contributed by atoms with van der Waals surface area (Å²) in [6.45, 7) is 0. The predicted octanol–water partition coefficient (Wildman–Crippen LogP) is 4.12. The van der Waals surface area contributed by atoms with Crippen LogP contribution in [0.4, 0.5) is 0 Å². The second kappa shape index (κ2) is 5.32. The van der Waals surface area contributed by atoms with Crippen LogP contribution in [0.15, 0.2) is 40.9 Å². The fourth-order valence-electron chi connectivity index (χ4n) is 2.10. The van der Waals surface area contributed by atoms with Crippen LogP contribution in [-0.2, 0) is 0 Å². The molecular formula is C15H12INO3. The highest BCUT2D eigenvalue weighted by Gasteiger charge is 2.13. The molecule has 0 saturated heterocycles. The van der Waals surface area contributed by atoms with Crippen LogP contribution in [0, 0.1) is 3.57 Å². The van der Waals surface area contributed by atoms with Gasteiger partial charge in [-0.15, -0.1) is 0 Å². The van der Waals surface area contributed by atoms with Gasteiger partial charge in [-0.25, -0.2) is 0 Å². The Morgan fingerprint density at radius 2 is 1.80 bits per heavy atom. The van der Waals surface area contributed by atoms with Crippen molar-refractivity contribution in [1.29, 1.82) is 0 Å². The summed E-state index contributed by atoms with van der Waals surface area (Å²) in [6, 6.07) is 11.7. The van der Waals surface area contributed by atoms with Gasteiger partial charge in [0.25, 0.3) is 0 Å². The molecule has 0 bridgehead atoms. The molecule has 4 nitrogen and oxygen atoms in total. The van der Waals surface area contributed by atoms with Crippen molar-refractivity contribution in [3.8, 4) is 22.8 Å². The van der Waals surface area contributed by atoms with Gasteiger partial charge < -0.3 is 14.0 Å². The first-order valence-corrected chi connectivity index (χ1v) is 7.08. The van der Waals surface area contributed by atoms with Gasteiger partial charge in [-0.05, 0) is 59.0 Å². The molecule has 3 aromatic rings. The number of halogens is 1. The Morgan fingerprint density at radius 1 is 1.00 bits per heavy atom. The van der Waals surface area contributed by atoms with Gasteiger partial charge in [0.15, 0.2) is 17.3 Å². The first-order chi connectivity index (χ1) is 9.72. The second-order valence-electron chi connectivity index (χ2n) is 4.24. The minimum atomic E-state index is 0.667. The van der Waals surface area contributed by atoms with Crippen LogP contribution in [0.2, 0.25) is 0 Å². The molecule has 0 radical (unpaired) electrons. The fourth-order valence-corrected chi connectivity index (χ4v) is 2.59. The van der Waals surface area contributed by atoms with Crippen LogP contribution < -0.4 is 9.47 Å². The highest BCUT2D eigenvalue weighted by molar-refractivity contribution is 14.1. The predicted molar refractivity (Wildman–Crippen MR) is 85.3 cm³/mol. The number of ether oxygens (including phenoxy) is 2. The Morgan fingerprint density at radius 3 is 2.55 bits per heavy atom. The second-order valence-corrected chi connectivity index (χ2v) is 5.49. The molecule has 1 heterocycles. The number of aromatic nitrogens is 1. The highest BCUT2D eigenvalue weighted by atomic mass is 127. The van der Waals surface area contributed by atoms with E-state index in [1.54, 1.807) is 14.2 Å². The van der Waals surface area contributed by atoms with Gasteiger partial charge in [0.05, 0.1) is 19.6 Å². The largest absolute Gasteiger partial charge is 0.493 e. The fraction of sp³-hybridized carbons (Fsp3) is 0.133. The van der Waals surface area contributed by atoms with Crippen molar-refractivity contribution >= 4 is 33.5 Å². The Kier molecular flexibility index (Phi) is 3.52. The number of methoxy groups -OCH3 is 2. The molecule has 0 N–H and O–H groups in total. The lowest BCUT2D eigenvalue weighted by molar-refractivity contribution is 0.355. The standard InChI is InChI=1S/C15H12INO3/c1-18-13-6-3-9(7-14(13)19-2)15-11-8-10(16)4-5-12(11)17-20-15/h3-8H,1-2H3. The molecule has 0 aliphatic carbocycles. The van der Waals surface area contributed by atoms with E-state index in [2.05, 4.69) is 33.8 Å². The van der Waals surface area contributed by atoms with E-state index >= 15 is 0 Å². The molecule has 0 amide bonds. The summed E-state index contributed by atoms with van der Waals surface area (Å²) in [6.07, 6.45) is 0.